The largest absolute Gasteiger partial charge is 0.362 e. The van der Waals surface area contributed by atoms with Gasteiger partial charge in [-0.15, -0.1) is 0 Å². The van der Waals surface area contributed by atoms with Crippen LogP contribution in [-0.2, 0) is 11.9 Å². The summed E-state index contributed by atoms with van der Waals surface area (Å²) in [5.74, 6) is -0.112. The predicted octanol–water partition coefficient (Wildman–Crippen LogP) is 4.95. The molecule has 1 aliphatic rings. The van der Waals surface area contributed by atoms with Crippen molar-refractivity contribution in [2.75, 3.05) is 4.90 Å². The number of hydrogen-bond donors (Lipinski definition) is 0. The Morgan fingerprint density at radius 1 is 1.26 bits per heavy atom. The first kappa shape index (κ1) is 13.1. The van der Waals surface area contributed by atoms with Crippen LogP contribution in [0.15, 0.2) is 35.0 Å². The first-order valence-corrected chi connectivity index (χ1v) is 8.46. The molecule has 2 aromatic rings. The molecular formula is C15H15BrFNS. The number of anilines is 1. The number of rotatable bonds is 5. The Morgan fingerprint density at radius 2 is 2.11 bits per heavy atom. The molecule has 1 fully saturated rings. The minimum Gasteiger partial charge on any atom is -0.362 e. The van der Waals surface area contributed by atoms with Crippen LogP contribution in [-0.4, -0.2) is 6.04 Å². The van der Waals surface area contributed by atoms with E-state index in [4.69, 9.17) is 0 Å². The first-order chi connectivity index (χ1) is 9.28. The van der Waals surface area contributed by atoms with Crippen LogP contribution in [0, 0.1) is 5.82 Å². The van der Waals surface area contributed by atoms with Crippen molar-refractivity contribution < 1.29 is 4.39 Å². The lowest BCUT2D eigenvalue weighted by Gasteiger charge is -2.25. The molecule has 0 unspecified atom stereocenters. The maximum atomic E-state index is 14.2. The summed E-state index contributed by atoms with van der Waals surface area (Å²) in [7, 11) is 0. The summed E-state index contributed by atoms with van der Waals surface area (Å²) in [5, 5.41) is 4.91. The van der Waals surface area contributed by atoms with Crippen molar-refractivity contribution in [3.8, 4) is 0 Å². The Balaban J connectivity index is 1.87. The molecule has 1 aromatic carbocycles. The van der Waals surface area contributed by atoms with E-state index in [0.717, 1.165) is 17.8 Å². The van der Waals surface area contributed by atoms with Gasteiger partial charge < -0.3 is 4.90 Å². The molecule has 1 aliphatic carbocycles. The van der Waals surface area contributed by atoms with Crippen LogP contribution in [0.3, 0.4) is 0 Å². The molecule has 0 amide bonds. The summed E-state index contributed by atoms with van der Waals surface area (Å²) in [6.07, 6.45) is 2.34. The van der Waals surface area contributed by atoms with E-state index in [9.17, 15) is 4.39 Å². The van der Waals surface area contributed by atoms with Gasteiger partial charge in [-0.2, -0.15) is 11.3 Å². The smallest absolute Gasteiger partial charge is 0.146 e. The Morgan fingerprint density at radius 3 is 2.68 bits per heavy atom. The molecule has 100 valence electrons. The van der Waals surface area contributed by atoms with Gasteiger partial charge in [-0.05, 0) is 52.9 Å². The molecule has 0 spiro atoms. The highest BCUT2D eigenvalue weighted by atomic mass is 79.9. The Bertz CT molecular complexity index is 551. The van der Waals surface area contributed by atoms with Crippen LogP contribution < -0.4 is 4.90 Å². The van der Waals surface area contributed by atoms with Gasteiger partial charge in [0.25, 0.3) is 0 Å². The van der Waals surface area contributed by atoms with Crippen LogP contribution in [0.4, 0.5) is 10.1 Å². The average Bonchev–Trinajstić information content (AvgIpc) is 3.14. The summed E-state index contributed by atoms with van der Waals surface area (Å²) in [6, 6.07) is 8.16. The van der Waals surface area contributed by atoms with Crippen molar-refractivity contribution in [2.45, 2.75) is 30.8 Å². The molecule has 0 bridgehead atoms. The number of alkyl halides is 1. The molecule has 0 saturated heterocycles. The monoisotopic (exact) mass is 339 g/mol. The van der Waals surface area contributed by atoms with Crippen molar-refractivity contribution in [1.29, 1.82) is 0 Å². The summed E-state index contributed by atoms with van der Waals surface area (Å²) in [4.78, 5) is 2.20. The molecule has 4 heteroatoms. The van der Waals surface area contributed by atoms with Crippen LogP contribution >= 0.6 is 27.3 Å². The standard InChI is InChI=1S/C15H15BrFNS/c16-8-11-1-4-15(14(17)7-11)18(13-2-3-13)9-12-5-6-19-10-12/h1,4-7,10,13H,2-3,8-9H2. The van der Waals surface area contributed by atoms with Crippen molar-refractivity contribution in [3.05, 3.63) is 52.0 Å². The van der Waals surface area contributed by atoms with Gasteiger partial charge in [0.2, 0.25) is 0 Å². The van der Waals surface area contributed by atoms with Gasteiger partial charge >= 0.3 is 0 Å². The fraction of sp³-hybridized carbons (Fsp3) is 0.333. The van der Waals surface area contributed by atoms with Crippen molar-refractivity contribution in [3.63, 3.8) is 0 Å². The fourth-order valence-electron chi connectivity index (χ4n) is 2.24. The number of thiophene rings is 1. The molecule has 1 nitrogen and oxygen atoms in total. The predicted molar refractivity (Wildman–Crippen MR) is 82.6 cm³/mol. The number of hydrogen-bond acceptors (Lipinski definition) is 2. The second kappa shape index (κ2) is 5.63. The van der Waals surface area contributed by atoms with Crippen LogP contribution in [0.5, 0.6) is 0 Å². The Labute approximate surface area is 125 Å². The first-order valence-electron chi connectivity index (χ1n) is 6.40. The number of benzene rings is 1. The van der Waals surface area contributed by atoms with E-state index >= 15 is 0 Å². The van der Waals surface area contributed by atoms with E-state index in [1.165, 1.54) is 18.4 Å². The fourth-order valence-corrected chi connectivity index (χ4v) is 3.25. The van der Waals surface area contributed by atoms with Gasteiger partial charge in [-0.3, -0.25) is 0 Å². The van der Waals surface area contributed by atoms with E-state index < -0.39 is 0 Å². The van der Waals surface area contributed by atoms with E-state index in [1.54, 1.807) is 17.4 Å². The highest BCUT2D eigenvalue weighted by molar-refractivity contribution is 9.08. The van der Waals surface area contributed by atoms with E-state index in [0.29, 0.717) is 11.4 Å². The van der Waals surface area contributed by atoms with Crippen molar-refractivity contribution in [1.82, 2.24) is 0 Å². The molecule has 0 atom stereocenters. The lowest BCUT2D eigenvalue weighted by Crippen LogP contribution is -2.25. The highest BCUT2D eigenvalue weighted by Crippen LogP contribution is 2.35. The maximum Gasteiger partial charge on any atom is 0.146 e. The Hall–Kier alpha value is -0.870. The topological polar surface area (TPSA) is 3.24 Å². The molecule has 0 radical (unpaired) electrons. The molecular weight excluding hydrogens is 325 g/mol. The summed E-state index contributed by atoms with van der Waals surface area (Å²) >= 11 is 5.06. The molecule has 0 N–H and O–H groups in total. The van der Waals surface area contributed by atoms with Gasteiger partial charge in [0.1, 0.15) is 5.82 Å². The average molecular weight is 340 g/mol. The minimum absolute atomic E-state index is 0.112. The zero-order chi connectivity index (χ0) is 13.2. The molecule has 0 aliphatic heterocycles. The van der Waals surface area contributed by atoms with Gasteiger partial charge in [0, 0.05) is 17.9 Å². The third-order valence-electron chi connectivity index (χ3n) is 3.40. The summed E-state index contributed by atoms with van der Waals surface area (Å²) < 4.78 is 14.2. The zero-order valence-corrected chi connectivity index (χ0v) is 12.9. The van der Waals surface area contributed by atoms with Crippen molar-refractivity contribution >= 4 is 33.0 Å². The molecule has 1 heterocycles. The van der Waals surface area contributed by atoms with Gasteiger partial charge in [0.15, 0.2) is 0 Å². The van der Waals surface area contributed by atoms with E-state index in [2.05, 4.69) is 37.7 Å². The van der Waals surface area contributed by atoms with E-state index in [1.807, 2.05) is 12.1 Å². The second-order valence-electron chi connectivity index (χ2n) is 4.91. The molecule has 19 heavy (non-hydrogen) atoms. The highest BCUT2D eigenvalue weighted by Gasteiger charge is 2.30. The van der Waals surface area contributed by atoms with Gasteiger partial charge in [0.05, 0.1) is 5.69 Å². The second-order valence-corrected chi connectivity index (χ2v) is 6.25. The normalized spacial score (nSPS) is 14.6. The minimum atomic E-state index is -0.112. The van der Waals surface area contributed by atoms with Crippen molar-refractivity contribution in [2.24, 2.45) is 0 Å². The molecule has 1 aromatic heterocycles. The van der Waals surface area contributed by atoms with Gasteiger partial charge in [-0.1, -0.05) is 22.0 Å². The number of halogens is 2. The maximum absolute atomic E-state index is 14.2. The quantitative estimate of drug-likeness (QED) is 0.696. The SMILES string of the molecule is Fc1cc(CBr)ccc1N(Cc1ccsc1)C1CC1. The third-order valence-corrected chi connectivity index (χ3v) is 4.78. The van der Waals surface area contributed by atoms with Crippen LogP contribution in [0.25, 0.3) is 0 Å². The lowest BCUT2D eigenvalue weighted by atomic mass is 10.2. The third kappa shape index (κ3) is 3.00. The summed E-state index contributed by atoms with van der Waals surface area (Å²) in [5.41, 5.74) is 2.98. The lowest BCUT2D eigenvalue weighted by molar-refractivity contribution is 0.613. The van der Waals surface area contributed by atoms with Gasteiger partial charge in [-0.25, -0.2) is 4.39 Å². The van der Waals surface area contributed by atoms with Crippen LogP contribution in [0.2, 0.25) is 0 Å². The zero-order valence-electron chi connectivity index (χ0n) is 10.5. The Kier molecular flexibility index (Phi) is 3.89. The molecule has 1 saturated carbocycles. The summed E-state index contributed by atoms with van der Waals surface area (Å²) in [6.45, 7) is 0.804. The molecule has 3 rings (SSSR count). The van der Waals surface area contributed by atoms with E-state index in [-0.39, 0.29) is 5.82 Å². The number of nitrogens with zero attached hydrogens (tertiary/aromatic N) is 1. The van der Waals surface area contributed by atoms with Crippen LogP contribution in [0.1, 0.15) is 24.0 Å².